The first kappa shape index (κ1) is 28.0. The molecule has 0 aromatic heterocycles. The number of nitrogens with zero attached hydrogens (tertiary/aromatic N) is 1. The summed E-state index contributed by atoms with van der Waals surface area (Å²) in [6.45, 7) is 8.37. The van der Waals surface area contributed by atoms with Gasteiger partial charge in [0.2, 0.25) is 5.91 Å². The predicted octanol–water partition coefficient (Wildman–Crippen LogP) is 6.00. The zero-order valence-electron chi connectivity index (χ0n) is 22.1. The summed E-state index contributed by atoms with van der Waals surface area (Å²) in [6.07, 6.45) is 5.46. The van der Waals surface area contributed by atoms with Gasteiger partial charge >= 0.3 is 0 Å². The highest BCUT2D eigenvalue weighted by molar-refractivity contribution is 9.10. The highest BCUT2D eigenvalue weighted by Gasteiger charge is 2.28. The van der Waals surface area contributed by atoms with Crippen molar-refractivity contribution >= 4 is 27.7 Å². The topological polar surface area (TPSA) is 67.9 Å². The van der Waals surface area contributed by atoms with Crippen LogP contribution in [0.4, 0.5) is 0 Å². The number of rotatable bonds is 9. The minimum atomic E-state index is -0.628. The molecule has 3 rings (SSSR count). The van der Waals surface area contributed by atoms with Crippen LogP contribution in [0.1, 0.15) is 70.9 Å². The first-order valence-electron chi connectivity index (χ1n) is 12.7. The molecule has 0 unspecified atom stereocenters. The summed E-state index contributed by atoms with van der Waals surface area (Å²) in [4.78, 5) is 28.1. The van der Waals surface area contributed by atoms with E-state index in [1.807, 2.05) is 42.5 Å². The number of hydrogen-bond donors (Lipinski definition) is 1. The molecule has 1 fully saturated rings. The Morgan fingerprint density at radius 2 is 1.75 bits per heavy atom. The summed E-state index contributed by atoms with van der Waals surface area (Å²) < 4.78 is 12.0. The Balaban J connectivity index is 1.73. The van der Waals surface area contributed by atoms with Gasteiger partial charge in [-0.3, -0.25) is 9.59 Å². The van der Waals surface area contributed by atoms with E-state index in [2.05, 4.69) is 42.0 Å². The lowest BCUT2D eigenvalue weighted by Gasteiger charge is -2.31. The van der Waals surface area contributed by atoms with Gasteiger partial charge in [-0.1, -0.05) is 58.2 Å². The van der Waals surface area contributed by atoms with Crippen LogP contribution >= 0.6 is 15.9 Å². The van der Waals surface area contributed by atoms with E-state index in [0.29, 0.717) is 12.3 Å². The Morgan fingerprint density at radius 3 is 2.33 bits per heavy atom. The molecule has 2 aromatic rings. The first-order chi connectivity index (χ1) is 17.1. The van der Waals surface area contributed by atoms with E-state index < -0.39 is 6.04 Å². The number of nitrogens with one attached hydrogen (secondary N) is 1. The molecule has 2 amide bonds. The number of benzene rings is 2. The van der Waals surface area contributed by atoms with E-state index in [0.717, 1.165) is 41.5 Å². The van der Waals surface area contributed by atoms with Crippen LogP contribution in [0.2, 0.25) is 0 Å². The van der Waals surface area contributed by atoms with Crippen molar-refractivity contribution in [3.8, 4) is 11.5 Å². The Bertz CT molecular complexity index is 1030. The number of ether oxygens (including phenoxy) is 2. The van der Waals surface area contributed by atoms with E-state index >= 15 is 0 Å². The van der Waals surface area contributed by atoms with E-state index in [9.17, 15) is 9.59 Å². The van der Waals surface area contributed by atoms with Crippen molar-refractivity contribution in [2.45, 2.75) is 83.8 Å². The molecule has 0 spiro atoms. The zero-order valence-corrected chi connectivity index (χ0v) is 23.7. The van der Waals surface area contributed by atoms with Crippen LogP contribution in [0.3, 0.4) is 0 Å². The number of amides is 2. The summed E-state index contributed by atoms with van der Waals surface area (Å²) >= 11 is 3.58. The average molecular weight is 560 g/mol. The molecular formula is C29H39BrN2O4. The second kappa shape index (κ2) is 12.6. The maximum atomic E-state index is 13.4. The van der Waals surface area contributed by atoms with Crippen molar-refractivity contribution in [1.82, 2.24) is 10.2 Å². The second-order valence-electron chi connectivity index (χ2n) is 10.6. The van der Waals surface area contributed by atoms with Gasteiger partial charge in [-0.25, -0.2) is 0 Å². The van der Waals surface area contributed by atoms with Gasteiger partial charge in [-0.15, -0.1) is 0 Å². The van der Waals surface area contributed by atoms with Crippen LogP contribution in [0.25, 0.3) is 0 Å². The zero-order chi connectivity index (χ0) is 26.3. The van der Waals surface area contributed by atoms with Crippen molar-refractivity contribution in [3.05, 3.63) is 58.1 Å². The number of methoxy groups -OCH3 is 1. The van der Waals surface area contributed by atoms with E-state index in [1.54, 1.807) is 18.9 Å². The molecule has 1 saturated carbocycles. The van der Waals surface area contributed by atoms with Gasteiger partial charge in [-0.2, -0.15) is 0 Å². The molecule has 6 nitrogen and oxygen atoms in total. The lowest BCUT2D eigenvalue weighted by Crippen LogP contribution is -2.51. The molecular weight excluding hydrogens is 520 g/mol. The van der Waals surface area contributed by atoms with Crippen molar-refractivity contribution in [2.75, 3.05) is 13.7 Å². The molecule has 36 heavy (non-hydrogen) atoms. The van der Waals surface area contributed by atoms with Crippen molar-refractivity contribution in [2.24, 2.45) is 0 Å². The van der Waals surface area contributed by atoms with E-state index in [1.165, 1.54) is 12.0 Å². The summed E-state index contributed by atoms with van der Waals surface area (Å²) in [7, 11) is 1.62. The number of halogens is 1. The summed E-state index contributed by atoms with van der Waals surface area (Å²) in [5, 5.41) is 3.16. The molecule has 0 heterocycles. The minimum absolute atomic E-state index is 0.00710. The van der Waals surface area contributed by atoms with Crippen LogP contribution in [0.5, 0.6) is 11.5 Å². The van der Waals surface area contributed by atoms with Gasteiger partial charge in [0.25, 0.3) is 5.91 Å². The van der Waals surface area contributed by atoms with Crippen molar-refractivity contribution < 1.29 is 19.1 Å². The molecule has 1 N–H and O–H groups in total. The molecule has 2 aromatic carbocycles. The van der Waals surface area contributed by atoms with Crippen molar-refractivity contribution in [1.29, 1.82) is 0 Å². The average Bonchev–Trinajstić information content (AvgIpc) is 2.86. The quantitative estimate of drug-likeness (QED) is 0.409. The fourth-order valence-corrected chi connectivity index (χ4v) is 4.88. The molecule has 196 valence electrons. The maximum absolute atomic E-state index is 13.4. The van der Waals surface area contributed by atoms with Gasteiger partial charge in [0, 0.05) is 12.6 Å². The summed E-state index contributed by atoms with van der Waals surface area (Å²) in [6, 6.07) is 13.0. The molecule has 1 atom stereocenters. The van der Waals surface area contributed by atoms with Crippen LogP contribution in [-0.4, -0.2) is 42.5 Å². The smallest absolute Gasteiger partial charge is 0.261 e. The molecule has 1 aliphatic carbocycles. The third kappa shape index (κ3) is 7.73. The monoisotopic (exact) mass is 558 g/mol. The Labute approximate surface area is 223 Å². The molecule has 0 aliphatic heterocycles. The fourth-order valence-electron chi connectivity index (χ4n) is 4.39. The third-order valence-electron chi connectivity index (χ3n) is 6.78. The molecule has 7 heteroatoms. The summed E-state index contributed by atoms with van der Waals surface area (Å²) in [5.41, 5.74) is 2.09. The standard InChI is InChI=1S/C29H39BrN2O4/c1-20(28(34)31-23-9-7-6-8-10-23)32(18-21-11-14-24(35-5)15-12-21)27(33)19-36-26-16-13-22(17-25(26)30)29(2,3)4/h11-17,20,23H,6-10,18-19H2,1-5H3,(H,31,34)/t20-/m1/s1. The van der Waals surface area contributed by atoms with Gasteiger partial charge in [-0.05, 0) is 76.5 Å². The fraction of sp³-hybridized carbons (Fsp3) is 0.517. The highest BCUT2D eigenvalue weighted by Crippen LogP contribution is 2.31. The predicted molar refractivity (Wildman–Crippen MR) is 146 cm³/mol. The number of hydrogen-bond acceptors (Lipinski definition) is 4. The number of carbonyl (C=O) groups excluding carboxylic acids is 2. The second-order valence-corrected chi connectivity index (χ2v) is 11.4. The van der Waals surface area contributed by atoms with Crippen LogP contribution in [0, 0.1) is 0 Å². The van der Waals surface area contributed by atoms with Gasteiger partial charge in [0.15, 0.2) is 6.61 Å². The van der Waals surface area contributed by atoms with E-state index in [4.69, 9.17) is 9.47 Å². The first-order valence-corrected chi connectivity index (χ1v) is 13.5. The van der Waals surface area contributed by atoms with Crippen LogP contribution in [0.15, 0.2) is 46.9 Å². The molecule has 0 saturated heterocycles. The third-order valence-corrected chi connectivity index (χ3v) is 7.40. The highest BCUT2D eigenvalue weighted by atomic mass is 79.9. The summed E-state index contributed by atoms with van der Waals surface area (Å²) in [5.74, 6) is 0.968. The maximum Gasteiger partial charge on any atom is 0.261 e. The largest absolute Gasteiger partial charge is 0.497 e. The number of carbonyl (C=O) groups is 2. The molecule has 0 bridgehead atoms. The Kier molecular flexibility index (Phi) is 9.83. The SMILES string of the molecule is COc1ccc(CN(C(=O)COc2ccc(C(C)(C)C)cc2Br)[C@H](C)C(=O)NC2CCCCC2)cc1. The van der Waals surface area contributed by atoms with Crippen LogP contribution < -0.4 is 14.8 Å². The van der Waals surface area contributed by atoms with Gasteiger partial charge < -0.3 is 19.7 Å². The van der Waals surface area contributed by atoms with Gasteiger partial charge in [0.1, 0.15) is 17.5 Å². The van der Waals surface area contributed by atoms with Crippen LogP contribution in [-0.2, 0) is 21.5 Å². The van der Waals surface area contributed by atoms with E-state index in [-0.39, 0.29) is 29.9 Å². The Hall–Kier alpha value is -2.54. The minimum Gasteiger partial charge on any atom is -0.497 e. The normalized spacial score (nSPS) is 15.2. The van der Waals surface area contributed by atoms with Crippen molar-refractivity contribution in [3.63, 3.8) is 0 Å². The lowest BCUT2D eigenvalue weighted by atomic mass is 9.87. The molecule has 0 radical (unpaired) electrons. The van der Waals surface area contributed by atoms with Gasteiger partial charge in [0.05, 0.1) is 11.6 Å². The lowest BCUT2D eigenvalue weighted by molar-refractivity contribution is -0.142. The Morgan fingerprint density at radius 1 is 1.08 bits per heavy atom. The molecule has 1 aliphatic rings.